The molecule has 0 aromatic rings. The second-order valence-corrected chi connectivity index (χ2v) is 4.34. The molecule has 0 radical (unpaired) electrons. The Morgan fingerprint density at radius 3 is 1.91 bits per heavy atom. The van der Waals surface area contributed by atoms with Crippen molar-refractivity contribution < 1.29 is 4.76 Å². The fraction of sp³-hybridized carbons (Fsp3) is 1.00. The van der Waals surface area contributed by atoms with Gasteiger partial charge in [0, 0.05) is 5.41 Å². The molecule has 1 N–H and O–H groups in total. The molecule has 1 saturated heterocycles. The van der Waals surface area contributed by atoms with Gasteiger partial charge in [0.2, 0.25) is 0 Å². The van der Waals surface area contributed by atoms with Gasteiger partial charge in [0.1, 0.15) is 6.04 Å². The molecule has 0 bridgehead atoms. The fourth-order valence-electron chi connectivity index (χ4n) is 1.66. The topological polar surface area (TPSA) is 35.1 Å². The Bertz CT molecular complexity index is 165. The van der Waals surface area contributed by atoms with Crippen LogP contribution in [0.4, 0.5) is 0 Å². The Balaban J connectivity index is 2.89. The van der Waals surface area contributed by atoms with Crippen molar-refractivity contribution >= 4 is 0 Å². The Hall–Kier alpha value is -0.120. The second-order valence-electron chi connectivity index (χ2n) is 4.34. The molecule has 0 spiro atoms. The van der Waals surface area contributed by atoms with Crippen LogP contribution in [0.1, 0.15) is 27.7 Å². The Labute approximate surface area is 68.5 Å². The number of nitrogens with zero attached hydrogens (tertiary/aromatic N) is 1. The lowest BCUT2D eigenvalue weighted by molar-refractivity contribution is -0.917. The molecule has 0 aliphatic carbocycles. The van der Waals surface area contributed by atoms with Crippen LogP contribution >= 0.6 is 0 Å². The zero-order chi connectivity index (χ0) is 8.86. The minimum absolute atomic E-state index is 0.0938. The van der Waals surface area contributed by atoms with Gasteiger partial charge in [0.05, 0.1) is 13.1 Å². The average molecular weight is 158 g/mol. The van der Waals surface area contributed by atoms with Crippen LogP contribution in [0.5, 0.6) is 0 Å². The first-order valence-electron chi connectivity index (χ1n) is 4.13. The second kappa shape index (κ2) is 2.19. The number of quaternary nitrogens is 1. The van der Waals surface area contributed by atoms with E-state index in [9.17, 15) is 5.21 Å². The normalized spacial score (nSPS) is 49.6. The van der Waals surface area contributed by atoms with E-state index in [4.69, 9.17) is 0 Å². The summed E-state index contributed by atoms with van der Waals surface area (Å²) in [7, 11) is 1.68. The molecule has 3 nitrogen and oxygen atoms in total. The maximum atomic E-state index is 11.7. The summed E-state index contributed by atoms with van der Waals surface area (Å²) >= 11 is 0. The zero-order valence-electron chi connectivity index (χ0n) is 8.01. The van der Waals surface area contributed by atoms with E-state index in [0.29, 0.717) is 6.04 Å². The largest absolute Gasteiger partial charge is 0.612 e. The van der Waals surface area contributed by atoms with Gasteiger partial charge in [0.15, 0.2) is 0 Å². The van der Waals surface area contributed by atoms with E-state index in [-0.39, 0.29) is 16.2 Å². The highest BCUT2D eigenvalue weighted by Gasteiger charge is 2.48. The summed E-state index contributed by atoms with van der Waals surface area (Å²) in [6, 6.07) is 0.414. The molecule has 0 amide bonds. The van der Waals surface area contributed by atoms with Crippen LogP contribution in [0.2, 0.25) is 0 Å². The zero-order valence-corrected chi connectivity index (χ0v) is 8.01. The maximum absolute atomic E-state index is 11.7. The van der Waals surface area contributed by atoms with Crippen molar-refractivity contribution in [1.29, 1.82) is 0 Å². The first-order chi connectivity index (χ1) is 4.78. The van der Waals surface area contributed by atoms with E-state index in [1.54, 1.807) is 7.05 Å². The van der Waals surface area contributed by atoms with E-state index in [1.807, 2.05) is 6.92 Å². The molecule has 66 valence electrons. The van der Waals surface area contributed by atoms with Crippen LogP contribution in [0.3, 0.4) is 0 Å². The van der Waals surface area contributed by atoms with Gasteiger partial charge in [-0.2, -0.15) is 5.43 Å². The van der Waals surface area contributed by atoms with E-state index >= 15 is 0 Å². The highest BCUT2D eigenvalue weighted by atomic mass is 16.6. The summed E-state index contributed by atoms with van der Waals surface area (Å²) in [5, 5.41) is 11.7. The molecule has 3 atom stereocenters. The minimum Gasteiger partial charge on any atom is -0.612 e. The number of rotatable bonds is 0. The van der Waals surface area contributed by atoms with Crippen molar-refractivity contribution in [3.05, 3.63) is 5.21 Å². The van der Waals surface area contributed by atoms with Crippen LogP contribution < -0.4 is 5.43 Å². The number of hydrogen-bond acceptors (Lipinski definition) is 2. The summed E-state index contributed by atoms with van der Waals surface area (Å²) in [4.78, 5) is 0. The Kier molecular flexibility index (Phi) is 1.78. The third kappa shape index (κ3) is 1.17. The summed E-state index contributed by atoms with van der Waals surface area (Å²) in [6.07, 6.45) is 0. The quantitative estimate of drug-likeness (QED) is 0.425. The highest BCUT2D eigenvalue weighted by molar-refractivity contribution is 4.89. The fourth-order valence-corrected chi connectivity index (χ4v) is 1.66. The molecule has 0 aromatic carbocycles. The average Bonchev–Trinajstić information content (AvgIpc) is 1.94. The van der Waals surface area contributed by atoms with Gasteiger partial charge in [-0.05, 0) is 13.8 Å². The number of hydroxylamine groups is 2. The molecule has 3 heteroatoms. The Morgan fingerprint density at radius 2 is 1.82 bits per heavy atom. The molecular formula is C8H18N2O. The first kappa shape index (κ1) is 8.97. The lowest BCUT2D eigenvalue weighted by atomic mass is 9.81. The van der Waals surface area contributed by atoms with Crippen molar-refractivity contribution in [3.63, 3.8) is 0 Å². The number of nitrogens with one attached hydrogen (secondary N) is 1. The molecule has 0 aromatic heterocycles. The third-order valence-corrected chi connectivity index (χ3v) is 3.38. The maximum Gasteiger partial charge on any atom is 0.110 e. The monoisotopic (exact) mass is 158 g/mol. The molecule has 1 rings (SSSR count). The minimum atomic E-state index is -0.311. The van der Waals surface area contributed by atoms with Gasteiger partial charge in [-0.15, -0.1) is 0 Å². The van der Waals surface area contributed by atoms with Crippen molar-refractivity contribution in [2.45, 2.75) is 39.8 Å². The van der Waals surface area contributed by atoms with Crippen molar-refractivity contribution in [2.75, 3.05) is 7.05 Å². The van der Waals surface area contributed by atoms with Gasteiger partial charge in [-0.1, -0.05) is 13.8 Å². The van der Waals surface area contributed by atoms with Gasteiger partial charge in [-0.25, -0.2) is 0 Å². The van der Waals surface area contributed by atoms with Gasteiger partial charge in [0.25, 0.3) is 0 Å². The van der Waals surface area contributed by atoms with E-state index < -0.39 is 0 Å². The third-order valence-electron chi connectivity index (χ3n) is 3.38. The molecule has 1 fully saturated rings. The van der Waals surface area contributed by atoms with E-state index in [2.05, 4.69) is 26.2 Å². The van der Waals surface area contributed by atoms with Crippen LogP contribution in [-0.4, -0.2) is 23.9 Å². The first-order valence-corrected chi connectivity index (χ1v) is 4.13. The SMILES string of the molecule is CC1N[N+](C)([O-])C(C)C1(C)C. The molecule has 0 saturated carbocycles. The summed E-state index contributed by atoms with van der Waals surface area (Å²) in [5.74, 6) is 0. The standard InChI is InChI=1S/C8H18N2O/c1-6-8(3,4)7(2)10(5,11)9-6/h6-7,9H,1-5H3. The lowest BCUT2D eigenvalue weighted by Crippen LogP contribution is -2.50. The van der Waals surface area contributed by atoms with E-state index in [0.717, 1.165) is 0 Å². The van der Waals surface area contributed by atoms with Crippen LogP contribution in [-0.2, 0) is 0 Å². The molecule has 3 unspecified atom stereocenters. The van der Waals surface area contributed by atoms with Gasteiger partial charge in [-0.3, -0.25) is 4.76 Å². The molecule has 1 aliphatic rings. The van der Waals surface area contributed by atoms with Gasteiger partial charge >= 0.3 is 0 Å². The number of hydrogen-bond donors (Lipinski definition) is 1. The molecular weight excluding hydrogens is 140 g/mol. The van der Waals surface area contributed by atoms with Crippen LogP contribution in [0.15, 0.2) is 0 Å². The molecule has 1 aliphatic heterocycles. The molecule has 11 heavy (non-hydrogen) atoms. The van der Waals surface area contributed by atoms with Gasteiger partial charge < -0.3 is 5.21 Å². The van der Waals surface area contributed by atoms with Crippen molar-refractivity contribution in [2.24, 2.45) is 5.41 Å². The van der Waals surface area contributed by atoms with Crippen molar-refractivity contribution in [1.82, 2.24) is 5.43 Å². The van der Waals surface area contributed by atoms with Crippen molar-refractivity contribution in [3.8, 4) is 0 Å². The van der Waals surface area contributed by atoms with Crippen LogP contribution in [0.25, 0.3) is 0 Å². The Morgan fingerprint density at radius 1 is 1.36 bits per heavy atom. The summed E-state index contributed by atoms with van der Waals surface area (Å²) < 4.78 is -0.311. The molecule has 1 heterocycles. The van der Waals surface area contributed by atoms with E-state index in [1.165, 1.54) is 0 Å². The summed E-state index contributed by atoms with van der Waals surface area (Å²) in [6.45, 7) is 8.34. The highest BCUT2D eigenvalue weighted by Crippen LogP contribution is 2.36. The summed E-state index contributed by atoms with van der Waals surface area (Å²) in [5.41, 5.74) is 3.11. The smallest absolute Gasteiger partial charge is 0.110 e. The lowest BCUT2D eigenvalue weighted by Gasteiger charge is -2.39. The van der Waals surface area contributed by atoms with Crippen LogP contribution in [0, 0.1) is 10.6 Å². The predicted molar refractivity (Wildman–Crippen MR) is 45.4 cm³/mol. The predicted octanol–water partition coefficient (Wildman–Crippen LogP) is 1.25.